The summed E-state index contributed by atoms with van der Waals surface area (Å²) in [6.45, 7) is 13.9. The number of hydrogen-bond acceptors (Lipinski definition) is 1. The van der Waals surface area contributed by atoms with Crippen molar-refractivity contribution in [1.82, 2.24) is 0 Å². The zero-order chi connectivity index (χ0) is 10.9. The number of rotatable bonds is 3. The maximum atomic E-state index is 5.69. The van der Waals surface area contributed by atoms with E-state index in [1.165, 1.54) is 22.3 Å². The van der Waals surface area contributed by atoms with E-state index in [4.69, 9.17) is 4.74 Å². The Kier molecular flexibility index (Phi) is 3.54. The van der Waals surface area contributed by atoms with E-state index in [2.05, 4.69) is 41.5 Å². The van der Waals surface area contributed by atoms with Gasteiger partial charge in [0.15, 0.2) is 0 Å². The van der Waals surface area contributed by atoms with Crippen molar-refractivity contribution in [2.24, 2.45) is 5.92 Å². The van der Waals surface area contributed by atoms with E-state index < -0.39 is 0 Å². The van der Waals surface area contributed by atoms with Crippen molar-refractivity contribution in [2.45, 2.75) is 47.6 Å². The Hall–Kier alpha value is -0.560. The van der Waals surface area contributed by atoms with Crippen LogP contribution in [-0.2, 0) is 4.74 Å². The molecule has 0 aromatic carbocycles. The molecule has 14 heavy (non-hydrogen) atoms. The first-order valence-corrected chi connectivity index (χ1v) is 5.41. The molecule has 0 spiro atoms. The first kappa shape index (κ1) is 11.5. The van der Waals surface area contributed by atoms with Crippen LogP contribution in [0, 0.1) is 5.92 Å². The Labute approximate surface area is 87.8 Å². The maximum absolute atomic E-state index is 5.69. The summed E-state index contributed by atoms with van der Waals surface area (Å²) < 4.78 is 5.69. The van der Waals surface area contributed by atoms with Gasteiger partial charge in [-0.2, -0.15) is 0 Å². The molecule has 0 atom stereocenters. The van der Waals surface area contributed by atoms with E-state index in [-0.39, 0.29) is 0 Å². The lowest BCUT2D eigenvalue weighted by atomic mass is 9.98. The molecule has 1 aliphatic carbocycles. The Morgan fingerprint density at radius 3 is 1.79 bits per heavy atom. The molecule has 0 bridgehead atoms. The second kappa shape index (κ2) is 4.31. The minimum Gasteiger partial charge on any atom is -0.378 e. The standard InChI is InChI=1S/C13H22O/c1-8(2)14-7-13-11(5)9(3)10(4)12(13)6/h8,13H,7H2,1-6H3. The average Bonchev–Trinajstić information content (AvgIpc) is 2.29. The smallest absolute Gasteiger partial charge is 0.0572 e. The molecular formula is C13H22O. The minimum atomic E-state index is 0.330. The van der Waals surface area contributed by atoms with Crippen LogP contribution in [0.15, 0.2) is 22.3 Å². The van der Waals surface area contributed by atoms with E-state index in [1.807, 2.05) is 0 Å². The molecule has 80 valence electrons. The average molecular weight is 194 g/mol. The minimum absolute atomic E-state index is 0.330. The van der Waals surface area contributed by atoms with Gasteiger partial charge in [-0.1, -0.05) is 11.1 Å². The lowest BCUT2D eigenvalue weighted by Crippen LogP contribution is -2.14. The third-order valence-corrected chi connectivity index (χ3v) is 3.39. The van der Waals surface area contributed by atoms with Gasteiger partial charge in [0.25, 0.3) is 0 Å². The van der Waals surface area contributed by atoms with Gasteiger partial charge in [0.2, 0.25) is 0 Å². The van der Waals surface area contributed by atoms with Crippen molar-refractivity contribution in [3.8, 4) is 0 Å². The summed E-state index contributed by atoms with van der Waals surface area (Å²) in [6, 6.07) is 0. The van der Waals surface area contributed by atoms with Crippen LogP contribution in [0.4, 0.5) is 0 Å². The van der Waals surface area contributed by atoms with Crippen LogP contribution in [0.2, 0.25) is 0 Å². The van der Waals surface area contributed by atoms with E-state index >= 15 is 0 Å². The lowest BCUT2D eigenvalue weighted by Gasteiger charge is -2.17. The molecular weight excluding hydrogens is 172 g/mol. The summed E-state index contributed by atoms with van der Waals surface area (Å²) in [5.41, 5.74) is 5.89. The van der Waals surface area contributed by atoms with Crippen LogP contribution in [0.1, 0.15) is 41.5 Å². The predicted molar refractivity (Wildman–Crippen MR) is 61.3 cm³/mol. The van der Waals surface area contributed by atoms with Crippen molar-refractivity contribution in [2.75, 3.05) is 6.61 Å². The molecule has 0 saturated heterocycles. The van der Waals surface area contributed by atoms with Crippen molar-refractivity contribution in [3.05, 3.63) is 22.3 Å². The molecule has 0 fully saturated rings. The maximum Gasteiger partial charge on any atom is 0.0572 e. The molecule has 0 N–H and O–H groups in total. The first-order chi connectivity index (χ1) is 6.45. The topological polar surface area (TPSA) is 9.23 Å². The van der Waals surface area contributed by atoms with Gasteiger partial charge in [-0.15, -0.1) is 0 Å². The molecule has 0 unspecified atom stereocenters. The first-order valence-electron chi connectivity index (χ1n) is 5.41. The largest absolute Gasteiger partial charge is 0.378 e. The molecule has 0 amide bonds. The highest BCUT2D eigenvalue weighted by Gasteiger charge is 2.24. The molecule has 1 heteroatoms. The molecule has 0 aliphatic heterocycles. The van der Waals surface area contributed by atoms with Gasteiger partial charge in [0.05, 0.1) is 12.7 Å². The lowest BCUT2D eigenvalue weighted by molar-refractivity contribution is 0.0662. The summed E-state index contributed by atoms with van der Waals surface area (Å²) >= 11 is 0. The van der Waals surface area contributed by atoms with Crippen molar-refractivity contribution < 1.29 is 4.74 Å². The number of allylic oxidation sites excluding steroid dienone is 2. The van der Waals surface area contributed by atoms with Crippen LogP contribution in [0.3, 0.4) is 0 Å². The molecule has 0 heterocycles. The zero-order valence-corrected chi connectivity index (χ0v) is 10.3. The van der Waals surface area contributed by atoms with Crippen molar-refractivity contribution >= 4 is 0 Å². The Morgan fingerprint density at radius 1 is 1.00 bits per heavy atom. The third-order valence-electron chi connectivity index (χ3n) is 3.39. The van der Waals surface area contributed by atoms with Crippen LogP contribution in [0.25, 0.3) is 0 Å². The van der Waals surface area contributed by atoms with Crippen LogP contribution < -0.4 is 0 Å². The summed E-state index contributed by atoms with van der Waals surface area (Å²) in [7, 11) is 0. The fourth-order valence-electron chi connectivity index (χ4n) is 1.98. The summed E-state index contributed by atoms with van der Waals surface area (Å²) in [4.78, 5) is 0. The molecule has 0 saturated carbocycles. The quantitative estimate of drug-likeness (QED) is 0.665. The van der Waals surface area contributed by atoms with E-state index in [9.17, 15) is 0 Å². The highest BCUT2D eigenvalue weighted by Crippen LogP contribution is 2.36. The van der Waals surface area contributed by atoms with Crippen molar-refractivity contribution in [3.63, 3.8) is 0 Å². The van der Waals surface area contributed by atoms with E-state index in [0.717, 1.165) is 6.61 Å². The molecule has 0 aromatic heterocycles. The number of hydrogen-bond donors (Lipinski definition) is 0. The molecule has 1 aliphatic rings. The fourth-order valence-corrected chi connectivity index (χ4v) is 1.98. The van der Waals surface area contributed by atoms with Gasteiger partial charge in [-0.25, -0.2) is 0 Å². The summed E-state index contributed by atoms with van der Waals surface area (Å²) in [5, 5.41) is 0. The van der Waals surface area contributed by atoms with Crippen LogP contribution >= 0.6 is 0 Å². The fraction of sp³-hybridized carbons (Fsp3) is 0.692. The van der Waals surface area contributed by atoms with Crippen LogP contribution in [-0.4, -0.2) is 12.7 Å². The van der Waals surface area contributed by atoms with Gasteiger partial charge in [0.1, 0.15) is 0 Å². The van der Waals surface area contributed by atoms with Crippen LogP contribution in [0.5, 0.6) is 0 Å². The predicted octanol–water partition coefficient (Wildman–Crippen LogP) is 3.71. The second-order valence-electron chi connectivity index (χ2n) is 4.55. The Balaban J connectivity index is 2.72. The highest BCUT2D eigenvalue weighted by molar-refractivity contribution is 5.46. The van der Waals surface area contributed by atoms with Gasteiger partial charge in [-0.3, -0.25) is 0 Å². The molecule has 0 aromatic rings. The number of ether oxygens (including phenoxy) is 1. The molecule has 1 nitrogen and oxygen atoms in total. The van der Waals surface area contributed by atoms with E-state index in [0.29, 0.717) is 12.0 Å². The van der Waals surface area contributed by atoms with Gasteiger partial charge < -0.3 is 4.74 Å². The second-order valence-corrected chi connectivity index (χ2v) is 4.55. The Morgan fingerprint density at radius 2 is 1.43 bits per heavy atom. The monoisotopic (exact) mass is 194 g/mol. The van der Waals surface area contributed by atoms with Gasteiger partial charge >= 0.3 is 0 Å². The van der Waals surface area contributed by atoms with Crippen molar-refractivity contribution in [1.29, 1.82) is 0 Å². The van der Waals surface area contributed by atoms with E-state index in [1.54, 1.807) is 0 Å². The molecule has 1 rings (SSSR count). The Bertz CT molecular complexity index is 258. The van der Waals surface area contributed by atoms with Gasteiger partial charge in [0, 0.05) is 5.92 Å². The highest BCUT2D eigenvalue weighted by atomic mass is 16.5. The molecule has 0 radical (unpaired) electrons. The summed E-state index contributed by atoms with van der Waals surface area (Å²) in [5.74, 6) is 0.525. The zero-order valence-electron chi connectivity index (χ0n) is 10.3. The summed E-state index contributed by atoms with van der Waals surface area (Å²) in [6.07, 6.45) is 0.330. The SMILES string of the molecule is CC1=C(C)C(COC(C)C)C(C)=C1C. The normalized spacial score (nSPS) is 19.1. The third kappa shape index (κ3) is 2.09. The van der Waals surface area contributed by atoms with Gasteiger partial charge in [-0.05, 0) is 52.7 Å².